The Morgan fingerprint density at radius 1 is 0.718 bits per heavy atom. The first kappa shape index (κ1) is 23.9. The smallest absolute Gasteiger partial charge is 0.256 e. The zero-order valence-electron chi connectivity index (χ0n) is 20.9. The van der Waals surface area contributed by atoms with E-state index in [1.807, 2.05) is 55.5 Å². The van der Waals surface area contributed by atoms with Gasteiger partial charge >= 0.3 is 0 Å². The topological polar surface area (TPSA) is 102 Å². The molecular weight excluding hydrogens is 488 g/mol. The summed E-state index contributed by atoms with van der Waals surface area (Å²) < 4.78 is 1.70. The summed E-state index contributed by atoms with van der Waals surface area (Å²) in [6, 6.07) is 29.0. The largest absolute Gasteiger partial charge is 0.322 e. The van der Waals surface area contributed by atoms with E-state index in [4.69, 9.17) is 5.10 Å². The number of amides is 1. The van der Waals surface area contributed by atoms with Crippen LogP contribution in [0.15, 0.2) is 109 Å². The maximum atomic E-state index is 13.2. The van der Waals surface area contributed by atoms with Gasteiger partial charge in [-0.2, -0.15) is 9.61 Å². The average molecular weight is 511 g/mol. The van der Waals surface area contributed by atoms with Crippen molar-refractivity contribution >= 4 is 23.0 Å². The molecule has 8 heteroatoms. The second-order valence-electron chi connectivity index (χ2n) is 9.02. The number of carbonyl (C=O) groups excluding carboxylic acids is 2. The average Bonchev–Trinajstić information content (AvgIpc) is 3.41. The molecule has 0 radical (unpaired) electrons. The van der Waals surface area contributed by atoms with Crippen LogP contribution in [0.25, 0.3) is 28.3 Å². The van der Waals surface area contributed by atoms with Crippen molar-refractivity contribution in [1.29, 1.82) is 0 Å². The van der Waals surface area contributed by atoms with E-state index in [1.165, 1.54) is 0 Å². The molecule has 0 unspecified atom stereocenters. The fourth-order valence-corrected chi connectivity index (χ4v) is 4.29. The van der Waals surface area contributed by atoms with Crippen molar-refractivity contribution in [1.82, 2.24) is 24.8 Å². The van der Waals surface area contributed by atoms with E-state index in [1.54, 1.807) is 65.4 Å². The number of nitrogens with one attached hydrogen (secondary N) is 1. The van der Waals surface area contributed by atoms with Crippen LogP contribution in [0.4, 0.5) is 5.69 Å². The van der Waals surface area contributed by atoms with Crippen molar-refractivity contribution in [2.45, 2.75) is 6.92 Å². The first-order valence-corrected chi connectivity index (χ1v) is 12.3. The lowest BCUT2D eigenvalue weighted by atomic mass is 9.97. The van der Waals surface area contributed by atoms with Gasteiger partial charge in [-0.25, -0.2) is 0 Å². The Balaban J connectivity index is 1.23. The summed E-state index contributed by atoms with van der Waals surface area (Å²) in [5, 5.41) is 16.1. The molecule has 0 saturated carbocycles. The lowest BCUT2D eigenvalue weighted by Crippen LogP contribution is -2.17. The number of rotatable bonds is 6. The van der Waals surface area contributed by atoms with E-state index in [9.17, 15) is 9.59 Å². The summed E-state index contributed by atoms with van der Waals surface area (Å²) in [5.74, 6) is 0.0690. The predicted molar refractivity (Wildman–Crippen MR) is 148 cm³/mol. The number of ketones is 1. The highest BCUT2D eigenvalue weighted by Gasteiger charge is 2.18. The maximum absolute atomic E-state index is 13.2. The van der Waals surface area contributed by atoms with Crippen LogP contribution < -0.4 is 5.32 Å². The van der Waals surface area contributed by atoms with Crippen molar-refractivity contribution in [3.05, 3.63) is 132 Å². The van der Waals surface area contributed by atoms with Crippen LogP contribution >= 0.6 is 0 Å². The highest BCUT2D eigenvalue weighted by atomic mass is 16.2. The molecule has 0 aliphatic heterocycles. The lowest BCUT2D eigenvalue weighted by molar-refractivity contribution is 0.0996. The molecule has 1 N–H and O–H groups in total. The van der Waals surface area contributed by atoms with Gasteiger partial charge in [0, 0.05) is 40.3 Å². The Bertz CT molecular complexity index is 1810. The van der Waals surface area contributed by atoms with Crippen LogP contribution in [-0.4, -0.2) is 36.5 Å². The summed E-state index contributed by atoms with van der Waals surface area (Å²) in [5.41, 5.74) is 5.95. The molecule has 0 aliphatic carbocycles. The van der Waals surface area contributed by atoms with Crippen LogP contribution in [0.1, 0.15) is 31.8 Å². The number of benzene rings is 3. The van der Waals surface area contributed by atoms with Crippen molar-refractivity contribution in [3.63, 3.8) is 0 Å². The van der Waals surface area contributed by atoms with E-state index in [2.05, 4.69) is 20.5 Å². The molecule has 188 valence electrons. The van der Waals surface area contributed by atoms with Gasteiger partial charge in [-0.3, -0.25) is 14.6 Å². The first-order chi connectivity index (χ1) is 19.1. The molecule has 3 heterocycles. The summed E-state index contributed by atoms with van der Waals surface area (Å²) in [6.45, 7) is 1.96. The monoisotopic (exact) mass is 510 g/mol. The molecule has 0 aliphatic rings. The van der Waals surface area contributed by atoms with Crippen molar-refractivity contribution in [3.8, 4) is 22.6 Å². The fourth-order valence-electron chi connectivity index (χ4n) is 4.29. The number of hydrogen-bond donors (Lipinski definition) is 1. The molecule has 0 saturated heterocycles. The second-order valence-corrected chi connectivity index (χ2v) is 9.02. The number of fused-ring (bicyclic) bond motifs is 1. The number of aromatic nitrogens is 5. The Labute approximate surface area is 224 Å². The molecule has 0 fully saturated rings. The van der Waals surface area contributed by atoms with Crippen LogP contribution in [0.5, 0.6) is 0 Å². The summed E-state index contributed by atoms with van der Waals surface area (Å²) in [6.07, 6.45) is 3.40. The van der Waals surface area contributed by atoms with Gasteiger partial charge < -0.3 is 5.32 Å². The van der Waals surface area contributed by atoms with E-state index in [-0.39, 0.29) is 11.7 Å². The normalized spacial score (nSPS) is 10.9. The molecule has 6 rings (SSSR count). The van der Waals surface area contributed by atoms with Gasteiger partial charge in [0.15, 0.2) is 17.3 Å². The molecular formula is C31H22N6O2. The highest BCUT2D eigenvalue weighted by molar-refractivity contribution is 6.17. The molecule has 1 amide bonds. The van der Waals surface area contributed by atoms with Gasteiger partial charge in [-0.05, 0) is 49.4 Å². The Kier molecular flexibility index (Phi) is 6.18. The minimum Gasteiger partial charge on any atom is -0.322 e. The zero-order chi connectivity index (χ0) is 26.8. The Hall–Kier alpha value is -5.50. The number of anilines is 1. The van der Waals surface area contributed by atoms with E-state index in [0.717, 1.165) is 22.4 Å². The van der Waals surface area contributed by atoms with Crippen molar-refractivity contribution in [2.24, 2.45) is 0 Å². The van der Waals surface area contributed by atoms with Gasteiger partial charge in [-0.15, -0.1) is 10.2 Å². The summed E-state index contributed by atoms with van der Waals surface area (Å²) >= 11 is 0. The minimum atomic E-state index is -0.357. The number of hydrogen-bond acceptors (Lipinski definition) is 6. The Morgan fingerprint density at radius 2 is 1.44 bits per heavy atom. The summed E-state index contributed by atoms with van der Waals surface area (Å²) in [7, 11) is 0. The lowest BCUT2D eigenvalue weighted by Gasteiger charge is -2.11. The number of nitrogens with zero attached hydrogens (tertiary/aromatic N) is 5. The SMILES string of the molecule is Cc1ccc(C(=O)c2ccccc2C(=O)Nc2ccc(-c3ccc4nnc(-c5ccncc5)n4n3)cc2)cc1. The van der Waals surface area contributed by atoms with Gasteiger partial charge in [0.1, 0.15) is 0 Å². The zero-order valence-corrected chi connectivity index (χ0v) is 20.9. The third kappa shape index (κ3) is 4.78. The Morgan fingerprint density at radius 3 is 2.18 bits per heavy atom. The quantitative estimate of drug-likeness (QED) is 0.291. The minimum absolute atomic E-state index is 0.197. The van der Waals surface area contributed by atoms with Crippen molar-refractivity contribution in [2.75, 3.05) is 5.32 Å². The molecule has 0 atom stereocenters. The van der Waals surface area contributed by atoms with E-state index in [0.29, 0.717) is 33.8 Å². The third-order valence-corrected chi connectivity index (χ3v) is 6.37. The molecule has 0 spiro atoms. The molecule has 3 aromatic carbocycles. The fraction of sp³-hybridized carbons (Fsp3) is 0.0323. The van der Waals surface area contributed by atoms with Crippen LogP contribution in [-0.2, 0) is 0 Å². The van der Waals surface area contributed by atoms with E-state index >= 15 is 0 Å². The van der Waals surface area contributed by atoms with E-state index < -0.39 is 0 Å². The molecule has 6 aromatic rings. The number of carbonyl (C=O) groups is 2. The number of pyridine rings is 1. The summed E-state index contributed by atoms with van der Waals surface area (Å²) in [4.78, 5) is 30.3. The third-order valence-electron chi connectivity index (χ3n) is 6.37. The predicted octanol–water partition coefficient (Wildman–Crippen LogP) is 5.65. The van der Waals surface area contributed by atoms with Crippen LogP contribution in [0, 0.1) is 6.92 Å². The first-order valence-electron chi connectivity index (χ1n) is 12.3. The molecule has 8 nitrogen and oxygen atoms in total. The van der Waals surface area contributed by atoms with Crippen LogP contribution in [0.2, 0.25) is 0 Å². The molecule has 39 heavy (non-hydrogen) atoms. The molecule has 0 bridgehead atoms. The van der Waals surface area contributed by atoms with Gasteiger partial charge in [0.25, 0.3) is 5.91 Å². The van der Waals surface area contributed by atoms with Gasteiger partial charge in [0.2, 0.25) is 0 Å². The second kappa shape index (κ2) is 10.1. The number of aryl methyl sites for hydroxylation is 1. The molecule has 3 aromatic heterocycles. The highest BCUT2D eigenvalue weighted by Crippen LogP contribution is 2.23. The van der Waals surface area contributed by atoms with Gasteiger partial charge in [0.05, 0.1) is 11.3 Å². The van der Waals surface area contributed by atoms with Crippen molar-refractivity contribution < 1.29 is 9.59 Å². The maximum Gasteiger partial charge on any atom is 0.256 e. The van der Waals surface area contributed by atoms with Gasteiger partial charge in [-0.1, -0.05) is 60.2 Å². The van der Waals surface area contributed by atoms with Crippen LogP contribution in [0.3, 0.4) is 0 Å². The standard InChI is InChI=1S/C31H22N6O2/c1-20-6-8-22(9-7-20)29(38)25-4-2-3-5-26(25)31(39)33-24-12-10-21(11-13-24)27-14-15-28-34-35-30(37(28)36-27)23-16-18-32-19-17-23/h2-19H,1H3,(H,33,39).